The molecule has 0 saturated heterocycles. The van der Waals surface area contributed by atoms with Crippen molar-refractivity contribution in [1.29, 1.82) is 0 Å². The van der Waals surface area contributed by atoms with Gasteiger partial charge in [0.2, 0.25) is 0 Å². The van der Waals surface area contributed by atoms with Crippen LogP contribution in [-0.4, -0.2) is 23.1 Å². The lowest BCUT2D eigenvalue weighted by molar-refractivity contribution is 0.616. The Labute approximate surface area is 97.6 Å². The first-order chi connectivity index (χ1) is 7.72. The summed E-state index contributed by atoms with van der Waals surface area (Å²) in [6.45, 7) is 7.99. The molecule has 0 fully saturated rings. The SMILES string of the molecule is C=C(CNC)Cn1c(C)nc2c1CCCC2. The quantitative estimate of drug-likeness (QED) is 0.783. The van der Waals surface area contributed by atoms with Gasteiger partial charge in [0.1, 0.15) is 5.82 Å². The van der Waals surface area contributed by atoms with Crippen molar-refractivity contribution in [2.24, 2.45) is 0 Å². The zero-order chi connectivity index (χ0) is 11.5. The molecule has 0 amide bonds. The Kier molecular flexibility index (Phi) is 3.44. The number of likely N-dealkylation sites (N-methyl/N-ethyl adjacent to an activating group) is 1. The average Bonchev–Trinajstić information content (AvgIpc) is 2.56. The number of imidazole rings is 1. The normalized spacial score (nSPS) is 14.9. The number of rotatable bonds is 4. The lowest BCUT2D eigenvalue weighted by Crippen LogP contribution is -2.16. The third-order valence-electron chi connectivity index (χ3n) is 3.23. The Hall–Kier alpha value is -1.09. The molecule has 3 heteroatoms. The minimum atomic E-state index is 0.881. The summed E-state index contributed by atoms with van der Waals surface area (Å²) in [5, 5.41) is 3.15. The van der Waals surface area contributed by atoms with E-state index in [-0.39, 0.29) is 0 Å². The summed E-state index contributed by atoms with van der Waals surface area (Å²) in [6, 6.07) is 0. The van der Waals surface area contributed by atoms with Crippen molar-refractivity contribution in [1.82, 2.24) is 14.9 Å². The Morgan fingerprint density at radius 2 is 2.19 bits per heavy atom. The molecule has 0 aliphatic heterocycles. The minimum absolute atomic E-state index is 0.881. The van der Waals surface area contributed by atoms with E-state index in [4.69, 9.17) is 0 Å². The summed E-state index contributed by atoms with van der Waals surface area (Å²) < 4.78 is 2.34. The molecule has 1 heterocycles. The van der Waals surface area contributed by atoms with Gasteiger partial charge in [-0.15, -0.1) is 0 Å². The van der Waals surface area contributed by atoms with Crippen LogP contribution in [-0.2, 0) is 19.4 Å². The molecule has 0 unspecified atom stereocenters. The maximum absolute atomic E-state index is 4.67. The average molecular weight is 219 g/mol. The van der Waals surface area contributed by atoms with E-state index in [1.807, 2.05) is 7.05 Å². The zero-order valence-corrected chi connectivity index (χ0v) is 10.3. The molecule has 88 valence electrons. The van der Waals surface area contributed by atoms with Gasteiger partial charge in [0.15, 0.2) is 0 Å². The Balaban J connectivity index is 2.19. The summed E-state index contributed by atoms with van der Waals surface area (Å²) in [6.07, 6.45) is 4.93. The fourth-order valence-electron chi connectivity index (χ4n) is 2.47. The topological polar surface area (TPSA) is 29.9 Å². The monoisotopic (exact) mass is 219 g/mol. The van der Waals surface area contributed by atoms with Crippen molar-refractivity contribution in [3.8, 4) is 0 Å². The van der Waals surface area contributed by atoms with Crippen LogP contribution in [0.3, 0.4) is 0 Å². The molecule has 3 nitrogen and oxygen atoms in total. The van der Waals surface area contributed by atoms with E-state index in [0.717, 1.165) is 25.3 Å². The maximum Gasteiger partial charge on any atom is 0.106 e. The molecule has 1 aliphatic rings. The van der Waals surface area contributed by atoms with E-state index in [1.165, 1.54) is 36.2 Å². The molecule has 0 bridgehead atoms. The van der Waals surface area contributed by atoms with Crippen LogP contribution in [0.25, 0.3) is 0 Å². The van der Waals surface area contributed by atoms with Crippen LogP contribution in [0.5, 0.6) is 0 Å². The molecule has 0 aromatic carbocycles. The van der Waals surface area contributed by atoms with Gasteiger partial charge in [-0.1, -0.05) is 6.58 Å². The molecule has 1 aromatic rings. The number of fused-ring (bicyclic) bond motifs is 1. The van der Waals surface area contributed by atoms with Gasteiger partial charge in [0, 0.05) is 18.8 Å². The molecular formula is C13H21N3. The van der Waals surface area contributed by atoms with Crippen molar-refractivity contribution in [3.05, 3.63) is 29.4 Å². The third-order valence-corrected chi connectivity index (χ3v) is 3.23. The van der Waals surface area contributed by atoms with E-state index in [1.54, 1.807) is 0 Å². The predicted molar refractivity (Wildman–Crippen MR) is 66.7 cm³/mol. The second kappa shape index (κ2) is 4.83. The highest BCUT2D eigenvalue weighted by Gasteiger charge is 2.17. The predicted octanol–water partition coefficient (Wildman–Crippen LogP) is 1.85. The van der Waals surface area contributed by atoms with E-state index >= 15 is 0 Å². The molecule has 0 saturated carbocycles. The summed E-state index contributed by atoms with van der Waals surface area (Å²) in [4.78, 5) is 4.67. The van der Waals surface area contributed by atoms with Crippen LogP contribution in [0, 0.1) is 6.92 Å². The number of nitrogens with one attached hydrogen (secondary N) is 1. The van der Waals surface area contributed by atoms with E-state index in [9.17, 15) is 0 Å². The van der Waals surface area contributed by atoms with Crippen LogP contribution in [0.15, 0.2) is 12.2 Å². The molecule has 0 radical (unpaired) electrons. The Bertz CT molecular complexity index is 390. The molecule has 2 rings (SSSR count). The van der Waals surface area contributed by atoms with Crippen LogP contribution >= 0.6 is 0 Å². The van der Waals surface area contributed by atoms with Gasteiger partial charge >= 0.3 is 0 Å². The summed E-state index contributed by atoms with van der Waals surface area (Å²) in [5.74, 6) is 1.14. The van der Waals surface area contributed by atoms with Crippen molar-refractivity contribution >= 4 is 0 Å². The molecule has 0 spiro atoms. The van der Waals surface area contributed by atoms with Crippen molar-refractivity contribution in [3.63, 3.8) is 0 Å². The largest absolute Gasteiger partial charge is 0.328 e. The molecule has 16 heavy (non-hydrogen) atoms. The van der Waals surface area contributed by atoms with Gasteiger partial charge in [-0.3, -0.25) is 0 Å². The molecule has 1 aromatic heterocycles. The van der Waals surface area contributed by atoms with Crippen molar-refractivity contribution < 1.29 is 0 Å². The molecule has 1 aliphatic carbocycles. The van der Waals surface area contributed by atoms with E-state index < -0.39 is 0 Å². The Morgan fingerprint density at radius 1 is 1.44 bits per heavy atom. The Morgan fingerprint density at radius 3 is 2.94 bits per heavy atom. The first kappa shape index (κ1) is 11.4. The van der Waals surface area contributed by atoms with Gasteiger partial charge in [-0.2, -0.15) is 0 Å². The summed E-state index contributed by atoms with van der Waals surface area (Å²) in [7, 11) is 1.96. The highest BCUT2D eigenvalue weighted by atomic mass is 15.1. The van der Waals surface area contributed by atoms with Crippen molar-refractivity contribution in [2.45, 2.75) is 39.2 Å². The minimum Gasteiger partial charge on any atom is -0.328 e. The number of aromatic nitrogens is 2. The first-order valence-electron chi connectivity index (χ1n) is 6.08. The second-order valence-corrected chi connectivity index (χ2v) is 4.63. The van der Waals surface area contributed by atoms with E-state index in [2.05, 4.69) is 28.4 Å². The lowest BCUT2D eigenvalue weighted by atomic mass is 10.0. The number of hydrogen-bond acceptors (Lipinski definition) is 2. The smallest absolute Gasteiger partial charge is 0.106 e. The van der Waals surface area contributed by atoms with Gasteiger partial charge in [-0.25, -0.2) is 4.98 Å². The summed E-state index contributed by atoms with van der Waals surface area (Å²) in [5.41, 5.74) is 3.98. The summed E-state index contributed by atoms with van der Waals surface area (Å²) >= 11 is 0. The van der Waals surface area contributed by atoms with Crippen LogP contribution in [0.1, 0.15) is 30.1 Å². The molecule has 0 atom stereocenters. The van der Waals surface area contributed by atoms with Crippen LogP contribution in [0.4, 0.5) is 0 Å². The van der Waals surface area contributed by atoms with E-state index in [0.29, 0.717) is 0 Å². The van der Waals surface area contributed by atoms with Gasteiger partial charge in [-0.05, 0) is 45.2 Å². The standard InChI is InChI=1S/C13H21N3/c1-10(8-14-3)9-16-11(2)15-12-6-4-5-7-13(12)16/h14H,1,4-9H2,2-3H3. The maximum atomic E-state index is 4.67. The number of nitrogens with zero attached hydrogens (tertiary/aromatic N) is 2. The fourth-order valence-corrected chi connectivity index (χ4v) is 2.47. The van der Waals surface area contributed by atoms with Gasteiger partial charge in [0.25, 0.3) is 0 Å². The highest BCUT2D eigenvalue weighted by molar-refractivity contribution is 5.21. The number of hydrogen-bond donors (Lipinski definition) is 1. The first-order valence-corrected chi connectivity index (χ1v) is 6.08. The third kappa shape index (κ3) is 2.19. The molecule has 1 N–H and O–H groups in total. The second-order valence-electron chi connectivity index (χ2n) is 4.63. The lowest BCUT2D eigenvalue weighted by Gasteiger charge is -2.15. The van der Waals surface area contributed by atoms with Crippen molar-refractivity contribution in [2.75, 3.05) is 13.6 Å². The molecular weight excluding hydrogens is 198 g/mol. The van der Waals surface area contributed by atoms with Crippen LogP contribution < -0.4 is 5.32 Å². The number of aryl methyl sites for hydroxylation is 2. The van der Waals surface area contributed by atoms with Gasteiger partial charge in [0.05, 0.1) is 5.69 Å². The zero-order valence-electron chi connectivity index (χ0n) is 10.3. The van der Waals surface area contributed by atoms with Gasteiger partial charge < -0.3 is 9.88 Å². The van der Waals surface area contributed by atoms with Crippen LogP contribution in [0.2, 0.25) is 0 Å². The fraction of sp³-hybridized carbons (Fsp3) is 0.615. The highest BCUT2D eigenvalue weighted by Crippen LogP contribution is 2.22.